The van der Waals surface area contributed by atoms with Crippen molar-refractivity contribution in [3.63, 3.8) is 0 Å². The van der Waals surface area contributed by atoms with Gasteiger partial charge in [-0.25, -0.2) is 0 Å². The third kappa shape index (κ3) is 3.13. The first-order chi connectivity index (χ1) is 3.39. The number of nitrogens with two attached hydrogens (primary N) is 1. The van der Waals surface area contributed by atoms with Gasteiger partial charge >= 0.3 is 0 Å². The summed E-state index contributed by atoms with van der Waals surface area (Å²) in [6.45, 7) is 1.92. The Bertz CT molecular complexity index is 52.4. The summed E-state index contributed by atoms with van der Waals surface area (Å²) in [5.74, 6) is 0. The van der Waals surface area contributed by atoms with Crippen LogP contribution in [0.3, 0.4) is 0 Å². The summed E-state index contributed by atoms with van der Waals surface area (Å²) in [7, 11) is 0. The Hall–Kier alpha value is 1.02. The van der Waals surface area contributed by atoms with Crippen LogP contribution in [0.4, 0.5) is 0 Å². The molecule has 0 aliphatic carbocycles. The van der Waals surface area contributed by atoms with E-state index in [0.717, 1.165) is 13.1 Å². The molecule has 3 heteroatoms. The molecule has 0 bridgehead atoms. The van der Waals surface area contributed by atoms with Gasteiger partial charge in [-0.2, -0.15) is 0 Å². The third-order valence-corrected chi connectivity index (χ3v) is 1.25. The molecule has 0 saturated carbocycles. The van der Waals surface area contributed by atoms with Gasteiger partial charge in [0.2, 0.25) is 0 Å². The molecule has 1 saturated heterocycles. The quantitative estimate of drug-likeness (QED) is 0.590. The van der Waals surface area contributed by atoms with Crippen molar-refractivity contribution in [1.82, 2.24) is 0 Å². The first kappa shape index (κ1) is 9.02. The number of rotatable bonds is 0. The minimum Gasteiger partial charge on any atom is -0.661 e. The number of hydrogen-bond donors (Lipinski definition) is 1. The Morgan fingerprint density at radius 1 is 1.50 bits per heavy atom. The predicted molar refractivity (Wildman–Crippen MR) is 30.3 cm³/mol. The molecule has 1 heterocycles. The fraction of sp³-hybridized carbons (Fsp3) is 1.00. The minimum atomic E-state index is 0. The van der Waals surface area contributed by atoms with Gasteiger partial charge in [0.25, 0.3) is 0 Å². The number of nitrogens with zero attached hydrogens (tertiary/aromatic N) is 1. The first-order valence-corrected chi connectivity index (χ1v) is 2.78. The van der Waals surface area contributed by atoms with Crippen LogP contribution in [-0.4, -0.2) is 19.1 Å². The van der Waals surface area contributed by atoms with Crippen LogP contribution in [0, 0.1) is 0 Å². The van der Waals surface area contributed by atoms with E-state index in [4.69, 9.17) is 5.73 Å². The summed E-state index contributed by atoms with van der Waals surface area (Å²) in [6.07, 6.45) is 2.37. The van der Waals surface area contributed by atoms with E-state index in [9.17, 15) is 0 Å². The van der Waals surface area contributed by atoms with Crippen molar-refractivity contribution in [3.8, 4) is 0 Å². The predicted octanol–water partition coefficient (Wildman–Crippen LogP) is 0.479. The monoisotopic (exact) mass is 188 g/mol. The van der Waals surface area contributed by atoms with Crippen LogP contribution in [0.25, 0.3) is 5.32 Å². The number of hydrogen-bond acceptors (Lipinski definition) is 1. The summed E-state index contributed by atoms with van der Waals surface area (Å²) >= 11 is 0. The van der Waals surface area contributed by atoms with Crippen LogP contribution in [0.1, 0.15) is 12.8 Å². The van der Waals surface area contributed by atoms with E-state index in [2.05, 4.69) is 5.32 Å². The molecule has 0 aromatic heterocycles. The zero-order valence-electron chi connectivity index (χ0n) is 5.01. The summed E-state index contributed by atoms with van der Waals surface area (Å²) in [5, 5.41) is 4.13. The second-order valence-corrected chi connectivity index (χ2v) is 2.03. The summed E-state index contributed by atoms with van der Waals surface area (Å²) in [4.78, 5) is 0. The van der Waals surface area contributed by atoms with Crippen LogP contribution >= 0.6 is 0 Å². The van der Waals surface area contributed by atoms with E-state index >= 15 is 0 Å². The molecule has 1 atom stereocenters. The standard InChI is InChI=1S/C5H11N2.Y/c6-5-2-1-3-7-4-5;/h5H,1-4,6H2;/q-1;. The molecule has 0 aromatic rings. The molecule has 1 aliphatic rings. The Morgan fingerprint density at radius 2 is 2.25 bits per heavy atom. The fourth-order valence-corrected chi connectivity index (χ4v) is 0.814. The van der Waals surface area contributed by atoms with E-state index < -0.39 is 0 Å². The molecule has 8 heavy (non-hydrogen) atoms. The maximum atomic E-state index is 5.54. The molecule has 45 valence electrons. The molecule has 1 unspecified atom stereocenters. The molecule has 0 spiro atoms. The van der Waals surface area contributed by atoms with Crippen LogP contribution in [0.5, 0.6) is 0 Å². The molecule has 1 rings (SSSR count). The Morgan fingerprint density at radius 3 is 2.50 bits per heavy atom. The second-order valence-electron chi connectivity index (χ2n) is 2.03. The molecule has 2 N–H and O–H groups in total. The molecule has 0 amide bonds. The largest absolute Gasteiger partial charge is 0.661 e. The van der Waals surface area contributed by atoms with Crippen molar-refractivity contribution in [2.45, 2.75) is 18.9 Å². The maximum Gasteiger partial charge on any atom is 0 e. The zero-order valence-corrected chi connectivity index (χ0v) is 7.85. The topological polar surface area (TPSA) is 40.1 Å². The third-order valence-electron chi connectivity index (χ3n) is 1.25. The van der Waals surface area contributed by atoms with Gasteiger partial charge in [-0.15, -0.1) is 13.1 Å². The molecule has 1 aliphatic heterocycles. The van der Waals surface area contributed by atoms with Gasteiger partial charge in [-0.1, -0.05) is 6.42 Å². The van der Waals surface area contributed by atoms with Crippen LogP contribution in [0.15, 0.2) is 0 Å². The van der Waals surface area contributed by atoms with Gasteiger partial charge in [0.05, 0.1) is 0 Å². The SMILES string of the molecule is NC1CCC[N-]C1.[Y]. The van der Waals surface area contributed by atoms with Crippen LogP contribution < -0.4 is 5.73 Å². The molecule has 2 nitrogen and oxygen atoms in total. The van der Waals surface area contributed by atoms with Crippen LogP contribution in [0.2, 0.25) is 0 Å². The van der Waals surface area contributed by atoms with E-state index in [1.165, 1.54) is 12.8 Å². The Labute approximate surface area is 75.5 Å². The summed E-state index contributed by atoms with van der Waals surface area (Å²) in [5.41, 5.74) is 5.54. The summed E-state index contributed by atoms with van der Waals surface area (Å²) in [6, 6.07) is 0.369. The van der Waals surface area contributed by atoms with Crippen molar-refractivity contribution in [2.75, 3.05) is 13.1 Å². The smallest absolute Gasteiger partial charge is 0 e. The molecule has 1 fully saturated rings. The Balaban J connectivity index is 0.000000490. The average molecular weight is 188 g/mol. The number of piperidine rings is 1. The van der Waals surface area contributed by atoms with Gasteiger partial charge in [0.1, 0.15) is 0 Å². The molecular weight excluding hydrogens is 177 g/mol. The van der Waals surface area contributed by atoms with E-state index in [-0.39, 0.29) is 32.7 Å². The minimum absolute atomic E-state index is 0. The zero-order chi connectivity index (χ0) is 5.11. The van der Waals surface area contributed by atoms with Crippen molar-refractivity contribution in [3.05, 3.63) is 5.32 Å². The van der Waals surface area contributed by atoms with E-state index in [0.29, 0.717) is 6.04 Å². The summed E-state index contributed by atoms with van der Waals surface area (Å²) < 4.78 is 0. The van der Waals surface area contributed by atoms with Crippen molar-refractivity contribution in [1.29, 1.82) is 0 Å². The second kappa shape index (κ2) is 4.86. The van der Waals surface area contributed by atoms with Gasteiger partial charge in [-0.3, -0.25) is 0 Å². The van der Waals surface area contributed by atoms with Crippen molar-refractivity contribution < 1.29 is 32.7 Å². The van der Waals surface area contributed by atoms with Crippen molar-refractivity contribution >= 4 is 0 Å². The first-order valence-electron chi connectivity index (χ1n) is 2.78. The fourth-order valence-electron chi connectivity index (χ4n) is 0.814. The molecular formula is C5H11N2Y-. The van der Waals surface area contributed by atoms with Crippen LogP contribution in [-0.2, 0) is 32.7 Å². The Kier molecular flexibility index (Phi) is 5.48. The van der Waals surface area contributed by atoms with E-state index in [1.54, 1.807) is 0 Å². The van der Waals surface area contributed by atoms with Crippen molar-refractivity contribution in [2.24, 2.45) is 5.73 Å². The normalized spacial score (nSPS) is 28.9. The van der Waals surface area contributed by atoms with Gasteiger partial charge in [-0.05, 0) is 12.5 Å². The van der Waals surface area contributed by atoms with Gasteiger partial charge in [0, 0.05) is 32.7 Å². The van der Waals surface area contributed by atoms with Gasteiger partial charge in [0.15, 0.2) is 0 Å². The average Bonchev–Trinajstić information content (AvgIpc) is 1.69. The molecule has 1 radical (unpaired) electrons. The van der Waals surface area contributed by atoms with Gasteiger partial charge < -0.3 is 11.1 Å². The van der Waals surface area contributed by atoms with E-state index in [1.807, 2.05) is 0 Å². The maximum absolute atomic E-state index is 5.54. The molecule has 0 aromatic carbocycles.